The van der Waals surface area contributed by atoms with Crippen molar-refractivity contribution in [3.63, 3.8) is 0 Å². The fourth-order valence-electron chi connectivity index (χ4n) is 2.79. The van der Waals surface area contributed by atoms with Crippen molar-refractivity contribution in [3.8, 4) is 5.75 Å². The minimum atomic E-state index is -0.294. The van der Waals surface area contributed by atoms with E-state index in [1.165, 1.54) is 12.1 Å². The lowest BCUT2D eigenvalue weighted by atomic mass is 9.97. The van der Waals surface area contributed by atoms with Crippen molar-refractivity contribution in [1.82, 2.24) is 10.2 Å². The van der Waals surface area contributed by atoms with Crippen LogP contribution in [0.15, 0.2) is 24.3 Å². The number of carbonyl (C=O) groups excluding carboxylic acids is 2. The largest absolute Gasteiger partial charge is 0.494 e. The van der Waals surface area contributed by atoms with Crippen LogP contribution < -0.4 is 10.1 Å². The third-order valence-corrected chi connectivity index (χ3v) is 4.15. The molecule has 24 heavy (non-hydrogen) atoms. The van der Waals surface area contributed by atoms with E-state index in [2.05, 4.69) is 5.32 Å². The smallest absolute Gasteiger partial charge is 0.224 e. The number of piperidine rings is 1. The summed E-state index contributed by atoms with van der Waals surface area (Å²) in [6.45, 7) is 4.09. The predicted molar refractivity (Wildman–Crippen MR) is 89.1 cm³/mol. The molecule has 0 aromatic heterocycles. The molecule has 1 aromatic carbocycles. The van der Waals surface area contributed by atoms with Crippen LogP contribution in [0.4, 0.5) is 4.39 Å². The first-order chi connectivity index (χ1) is 11.6. The minimum absolute atomic E-state index is 0.00499. The lowest BCUT2D eigenvalue weighted by molar-refractivity contribution is -0.135. The number of ether oxygens (including phenoxy) is 1. The van der Waals surface area contributed by atoms with Gasteiger partial charge in [0.25, 0.3) is 0 Å². The molecule has 1 atom stereocenters. The number of likely N-dealkylation sites (tertiary alicyclic amines) is 1. The molecule has 5 nitrogen and oxygen atoms in total. The van der Waals surface area contributed by atoms with Gasteiger partial charge < -0.3 is 15.0 Å². The summed E-state index contributed by atoms with van der Waals surface area (Å²) in [4.78, 5) is 25.7. The molecule has 0 bridgehead atoms. The predicted octanol–water partition coefficient (Wildman–Crippen LogP) is 2.36. The zero-order valence-corrected chi connectivity index (χ0v) is 14.1. The van der Waals surface area contributed by atoms with Crippen molar-refractivity contribution >= 4 is 11.8 Å². The van der Waals surface area contributed by atoms with Gasteiger partial charge in [-0.2, -0.15) is 0 Å². The summed E-state index contributed by atoms with van der Waals surface area (Å²) in [6.07, 6.45) is 2.85. The molecule has 1 unspecified atom stereocenters. The van der Waals surface area contributed by atoms with Crippen molar-refractivity contribution in [2.45, 2.75) is 32.6 Å². The molecule has 132 valence electrons. The Labute approximate surface area is 142 Å². The van der Waals surface area contributed by atoms with Crippen LogP contribution in [-0.2, 0) is 9.59 Å². The van der Waals surface area contributed by atoms with Crippen LogP contribution in [0.5, 0.6) is 5.75 Å². The maximum absolute atomic E-state index is 12.8. The summed E-state index contributed by atoms with van der Waals surface area (Å²) in [6, 6.07) is 5.86. The average Bonchev–Trinajstić information content (AvgIpc) is 2.62. The molecular weight excluding hydrogens is 311 g/mol. The standard InChI is InChI=1S/C18H25FN2O3/c1-2-17(22)21-11-3-5-14(13-21)18(23)20-10-4-12-24-16-8-6-15(19)7-9-16/h6-9,14H,2-5,10-13H2,1H3,(H,20,23). The average molecular weight is 336 g/mol. The van der Waals surface area contributed by atoms with Crippen LogP contribution in [0, 0.1) is 11.7 Å². The van der Waals surface area contributed by atoms with E-state index in [9.17, 15) is 14.0 Å². The number of amides is 2. The molecular formula is C18H25FN2O3. The van der Waals surface area contributed by atoms with Crippen LogP contribution in [0.1, 0.15) is 32.6 Å². The quantitative estimate of drug-likeness (QED) is 0.778. The maximum Gasteiger partial charge on any atom is 0.224 e. The van der Waals surface area contributed by atoms with E-state index < -0.39 is 0 Å². The van der Waals surface area contributed by atoms with Gasteiger partial charge in [-0.05, 0) is 43.5 Å². The van der Waals surface area contributed by atoms with Crippen molar-refractivity contribution in [2.24, 2.45) is 5.92 Å². The van der Waals surface area contributed by atoms with Crippen molar-refractivity contribution in [1.29, 1.82) is 0 Å². The first-order valence-corrected chi connectivity index (χ1v) is 8.54. The molecule has 1 N–H and O–H groups in total. The summed E-state index contributed by atoms with van der Waals surface area (Å²) in [5.74, 6) is 0.319. The molecule has 0 radical (unpaired) electrons. The first kappa shape index (κ1) is 18.2. The van der Waals surface area contributed by atoms with Crippen LogP contribution in [-0.4, -0.2) is 43.0 Å². The summed E-state index contributed by atoms with van der Waals surface area (Å²) in [5, 5.41) is 2.91. The molecule has 6 heteroatoms. The van der Waals surface area contributed by atoms with Crippen LogP contribution in [0.3, 0.4) is 0 Å². The van der Waals surface area contributed by atoms with E-state index in [-0.39, 0.29) is 23.5 Å². The van der Waals surface area contributed by atoms with Gasteiger partial charge in [0.1, 0.15) is 11.6 Å². The van der Waals surface area contributed by atoms with Crippen molar-refractivity contribution in [2.75, 3.05) is 26.2 Å². The third-order valence-electron chi connectivity index (χ3n) is 4.15. The van der Waals surface area contributed by atoms with E-state index in [0.29, 0.717) is 38.3 Å². The van der Waals surface area contributed by atoms with Crippen LogP contribution in [0.2, 0.25) is 0 Å². The van der Waals surface area contributed by atoms with Gasteiger partial charge in [0.05, 0.1) is 12.5 Å². The van der Waals surface area contributed by atoms with E-state index in [1.807, 2.05) is 6.92 Å². The summed E-state index contributed by atoms with van der Waals surface area (Å²) >= 11 is 0. The number of nitrogens with one attached hydrogen (secondary N) is 1. The highest BCUT2D eigenvalue weighted by atomic mass is 19.1. The maximum atomic E-state index is 12.8. The Kier molecular flexibility index (Phi) is 7.03. The number of hydrogen-bond acceptors (Lipinski definition) is 3. The lowest BCUT2D eigenvalue weighted by Crippen LogP contribution is -2.45. The molecule has 1 heterocycles. The SMILES string of the molecule is CCC(=O)N1CCCC(C(=O)NCCCOc2ccc(F)cc2)C1. The Morgan fingerprint density at radius 2 is 2.08 bits per heavy atom. The first-order valence-electron chi connectivity index (χ1n) is 8.54. The highest BCUT2D eigenvalue weighted by molar-refractivity contribution is 5.81. The third kappa shape index (κ3) is 5.51. The van der Waals surface area contributed by atoms with Crippen LogP contribution in [0.25, 0.3) is 0 Å². The second-order valence-electron chi connectivity index (χ2n) is 5.98. The number of nitrogens with zero attached hydrogens (tertiary/aromatic N) is 1. The van der Waals surface area contributed by atoms with Crippen molar-refractivity contribution in [3.05, 3.63) is 30.1 Å². The number of halogens is 1. The minimum Gasteiger partial charge on any atom is -0.494 e. The number of hydrogen-bond donors (Lipinski definition) is 1. The van der Waals surface area contributed by atoms with Gasteiger partial charge in [-0.25, -0.2) is 4.39 Å². The molecule has 1 saturated heterocycles. The Bertz CT molecular complexity index is 548. The van der Waals surface area contributed by atoms with E-state index >= 15 is 0 Å². The van der Waals surface area contributed by atoms with Gasteiger partial charge in [-0.1, -0.05) is 6.92 Å². The van der Waals surface area contributed by atoms with Gasteiger partial charge in [0, 0.05) is 26.1 Å². The molecule has 1 aliphatic rings. The van der Waals surface area contributed by atoms with Gasteiger partial charge in [0.2, 0.25) is 11.8 Å². The Morgan fingerprint density at radius 3 is 2.79 bits per heavy atom. The molecule has 0 saturated carbocycles. The van der Waals surface area contributed by atoms with Crippen LogP contribution >= 0.6 is 0 Å². The van der Waals surface area contributed by atoms with Gasteiger partial charge in [-0.15, -0.1) is 0 Å². The fraction of sp³-hybridized carbons (Fsp3) is 0.556. The molecule has 2 rings (SSSR count). The topological polar surface area (TPSA) is 58.6 Å². The highest BCUT2D eigenvalue weighted by Crippen LogP contribution is 2.17. The highest BCUT2D eigenvalue weighted by Gasteiger charge is 2.27. The second-order valence-corrected chi connectivity index (χ2v) is 5.98. The summed E-state index contributed by atoms with van der Waals surface area (Å²) in [5.41, 5.74) is 0. The zero-order chi connectivity index (χ0) is 17.4. The van der Waals surface area contributed by atoms with Crippen molar-refractivity contribution < 1.29 is 18.7 Å². The zero-order valence-electron chi connectivity index (χ0n) is 14.1. The number of carbonyl (C=O) groups is 2. The van der Waals surface area contributed by atoms with Gasteiger partial charge in [0.15, 0.2) is 0 Å². The molecule has 1 fully saturated rings. The monoisotopic (exact) mass is 336 g/mol. The fourth-order valence-corrected chi connectivity index (χ4v) is 2.79. The normalized spacial score (nSPS) is 17.4. The summed E-state index contributed by atoms with van der Waals surface area (Å²) < 4.78 is 18.2. The molecule has 1 aliphatic heterocycles. The molecule has 0 aliphatic carbocycles. The van der Waals surface area contributed by atoms with E-state index in [4.69, 9.17) is 4.74 Å². The lowest BCUT2D eigenvalue weighted by Gasteiger charge is -2.31. The molecule has 1 aromatic rings. The van der Waals surface area contributed by atoms with E-state index in [1.54, 1.807) is 17.0 Å². The summed E-state index contributed by atoms with van der Waals surface area (Å²) in [7, 11) is 0. The Hall–Kier alpha value is -2.11. The molecule has 2 amide bonds. The Balaban J connectivity index is 1.64. The van der Waals surface area contributed by atoms with Gasteiger partial charge >= 0.3 is 0 Å². The van der Waals surface area contributed by atoms with E-state index in [0.717, 1.165) is 19.4 Å². The van der Waals surface area contributed by atoms with Gasteiger partial charge in [-0.3, -0.25) is 9.59 Å². The second kappa shape index (κ2) is 9.25. The number of rotatable bonds is 7. The number of benzene rings is 1. The Morgan fingerprint density at radius 1 is 1.33 bits per heavy atom. The molecule has 0 spiro atoms.